The van der Waals surface area contributed by atoms with E-state index in [1.807, 2.05) is 6.07 Å². The van der Waals surface area contributed by atoms with Gasteiger partial charge in [0.1, 0.15) is 5.82 Å². The van der Waals surface area contributed by atoms with Crippen LogP contribution in [0.15, 0.2) is 82.2 Å². The number of carbonyl (C=O) groups excluding carboxylic acids is 2. The summed E-state index contributed by atoms with van der Waals surface area (Å²) in [6, 6.07) is 19.1. The fraction of sp³-hybridized carbons (Fsp3) is 0.286. The Labute approximate surface area is 240 Å². The number of nitrogens with zero attached hydrogens (tertiary/aromatic N) is 1. The maximum absolute atomic E-state index is 14.5. The summed E-state index contributed by atoms with van der Waals surface area (Å²) in [5.41, 5.74) is 0.905. The fourth-order valence-electron chi connectivity index (χ4n) is 4.56. The molecule has 11 heteroatoms. The van der Waals surface area contributed by atoms with E-state index in [9.17, 15) is 22.4 Å². The van der Waals surface area contributed by atoms with Crippen LogP contribution in [0.2, 0.25) is 5.02 Å². The fourth-order valence-corrected chi connectivity index (χ4v) is 6.86. The van der Waals surface area contributed by atoms with Gasteiger partial charge in [-0.1, -0.05) is 70.0 Å². The molecule has 0 bridgehead atoms. The minimum atomic E-state index is -3.56. The number of rotatable bonds is 8. The summed E-state index contributed by atoms with van der Waals surface area (Å²) >= 11 is 9.69. The molecule has 2 amide bonds. The van der Waals surface area contributed by atoms with E-state index in [0.29, 0.717) is 36.0 Å². The molecule has 0 spiro atoms. The molecule has 0 aliphatic carbocycles. The Morgan fingerprint density at radius 1 is 0.974 bits per heavy atom. The van der Waals surface area contributed by atoms with Crippen molar-refractivity contribution in [3.63, 3.8) is 0 Å². The van der Waals surface area contributed by atoms with Crippen molar-refractivity contribution < 1.29 is 22.4 Å². The van der Waals surface area contributed by atoms with Crippen LogP contribution >= 0.6 is 27.5 Å². The van der Waals surface area contributed by atoms with Crippen molar-refractivity contribution in [3.05, 3.63) is 99.2 Å². The van der Waals surface area contributed by atoms with E-state index < -0.39 is 33.7 Å². The minimum Gasteiger partial charge on any atom is -0.348 e. The van der Waals surface area contributed by atoms with Gasteiger partial charge in [-0.25, -0.2) is 12.8 Å². The predicted molar refractivity (Wildman–Crippen MR) is 151 cm³/mol. The molecule has 0 aromatic heterocycles. The van der Waals surface area contributed by atoms with Crippen LogP contribution < -0.4 is 10.6 Å². The summed E-state index contributed by atoms with van der Waals surface area (Å²) in [4.78, 5) is 25.8. The first kappa shape index (κ1) is 29.2. The van der Waals surface area contributed by atoms with Gasteiger partial charge >= 0.3 is 11.8 Å². The van der Waals surface area contributed by atoms with Crippen molar-refractivity contribution in [2.45, 2.75) is 30.2 Å². The van der Waals surface area contributed by atoms with Crippen LogP contribution in [0.4, 0.5) is 4.39 Å². The normalized spacial score (nSPS) is 15.5. The predicted octanol–water partition coefficient (Wildman–Crippen LogP) is 4.86. The number of benzene rings is 3. The van der Waals surface area contributed by atoms with E-state index in [1.165, 1.54) is 16.4 Å². The second kappa shape index (κ2) is 13.0. The van der Waals surface area contributed by atoms with Crippen molar-refractivity contribution in [2.75, 3.05) is 19.6 Å². The minimum absolute atomic E-state index is 0.0280. The third-order valence-corrected chi connectivity index (χ3v) is 9.76. The van der Waals surface area contributed by atoms with Crippen LogP contribution in [0.1, 0.15) is 30.0 Å². The van der Waals surface area contributed by atoms with Crippen molar-refractivity contribution in [1.29, 1.82) is 0 Å². The zero-order chi connectivity index (χ0) is 28.0. The van der Waals surface area contributed by atoms with Crippen LogP contribution in [0.3, 0.4) is 0 Å². The van der Waals surface area contributed by atoms with Gasteiger partial charge in [-0.15, -0.1) is 0 Å². The maximum Gasteiger partial charge on any atom is 0.309 e. The summed E-state index contributed by atoms with van der Waals surface area (Å²) in [6.45, 7) is 0.902. The van der Waals surface area contributed by atoms with E-state index in [4.69, 9.17) is 11.6 Å². The van der Waals surface area contributed by atoms with Gasteiger partial charge < -0.3 is 10.6 Å². The van der Waals surface area contributed by atoms with Gasteiger partial charge in [0.05, 0.1) is 10.9 Å². The van der Waals surface area contributed by atoms with Gasteiger partial charge in [0.15, 0.2) is 0 Å². The Morgan fingerprint density at radius 2 is 1.64 bits per heavy atom. The van der Waals surface area contributed by atoms with E-state index in [1.54, 1.807) is 54.6 Å². The number of hydrogen-bond acceptors (Lipinski definition) is 4. The van der Waals surface area contributed by atoms with Crippen molar-refractivity contribution in [3.8, 4) is 0 Å². The maximum atomic E-state index is 14.5. The first-order valence-electron chi connectivity index (χ1n) is 12.5. The third-order valence-electron chi connectivity index (χ3n) is 6.77. The van der Waals surface area contributed by atoms with E-state index >= 15 is 0 Å². The first-order chi connectivity index (χ1) is 18.7. The van der Waals surface area contributed by atoms with Crippen molar-refractivity contribution in [2.24, 2.45) is 5.92 Å². The van der Waals surface area contributed by atoms with E-state index in [-0.39, 0.29) is 34.4 Å². The zero-order valence-electron chi connectivity index (χ0n) is 20.9. The quantitative estimate of drug-likeness (QED) is 0.346. The molecular weight excluding hydrogens is 609 g/mol. The lowest BCUT2D eigenvalue weighted by molar-refractivity contribution is -0.139. The average Bonchev–Trinajstić information content (AvgIpc) is 2.94. The highest BCUT2D eigenvalue weighted by atomic mass is 79.9. The molecule has 4 rings (SSSR count). The molecule has 2 N–H and O–H groups in total. The van der Waals surface area contributed by atoms with Crippen LogP contribution in [0.5, 0.6) is 0 Å². The lowest BCUT2D eigenvalue weighted by Crippen LogP contribution is -2.45. The number of sulfonamides is 1. The van der Waals surface area contributed by atoms with Crippen molar-refractivity contribution >= 4 is 49.4 Å². The zero-order valence-corrected chi connectivity index (χ0v) is 24.1. The molecule has 1 aliphatic heterocycles. The molecule has 1 unspecified atom stereocenters. The molecule has 0 radical (unpaired) electrons. The van der Waals surface area contributed by atoms with Gasteiger partial charge in [-0.3, -0.25) is 9.59 Å². The van der Waals surface area contributed by atoms with Gasteiger partial charge in [0.25, 0.3) is 0 Å². The number of piperidine rings is 1. The smallest absolute Gasteiger partial charge is 0.309 e. The summed E-state index contributed by atoms with van der Waals surface area (Å²) in [5, 5.41) is 5.61. The monoisotopic (exact) mass is 635 g/mol. The van der Waals surface area contributed by atoms with E-state index in [0.717, 1.165) is 0 Å². The lowest BCUT2D eigenvalue weighted by atomic mass is 9.97. The Bertz CT molecular complexity index is 1410. The number of halogens is 3. The Kier molecular flexibility index (Phi) is 9.76. The van der Waals surface area contributed by atoms with Crippen molar-refractivity contribution in [1.82, 2.24) is 14.9 Å². The molecule has 39 heavy (non-hydrogen) atoms. The SMILES string of the molecule is O=C(NCC1CCN(S(=O)(=O)c2ccccc2)CC1)C(=O)NC(Cc1c(F)cccc1Cl)c1ccccc1Br. The Balaban J connectivity index is 1.35. The molecule has 1 heterocycles. The Morgan fingerprint density at radius 3 is 2.31 bits per heavy atom. The largest absolute Gasteiger partial charge is 0.348 e. The van der Waals surface area contributed by atoms with Crippen LogP contribution in [-0.4, -0.2) is 44.2 Å². The summed E-state index contributed by atoms with van der Waals surface area (Å²) in [7, 11) is -3.56. The number of hydrogen-bond donors (Lipinski definition) is 2. The molecule has 206 valence electrons. The lowest BCUT2D eigenvalue weighted by Gasteiger charge is -2.31. The Hall–Kier alpha value is -2.79. The molecule has 3 aromatic carbocycles. The van der Waals surface area contributed by atoms with Gasteiger partial charge in [0.2, 0.25) is 10.0 Å². The second-order valence-electron chi connectivity index (χ2n) is 9.32. The first-order valence-corrected chi connectivity index (χ1v) is 15.1. The molecule has 1 aliphatic rings. The summed E-state index contributed by atoms with van der Waals surface area (Å²) in [6.07, 6.45) is 1.15. The second-order valence-corrected chi connectivity index (χ2v) is 12.5. The van der Waals surface area contributed by atoms with Gasteiger partial charge in [-0.05, 0) is 54.7 Å². The molecule has 0 saturated carbocycles. The third kappa shape index (κ3) is 7.25. The van der Waals surface area contributed by atoms with Crippen LogP contribution in [0.25, 0.3) is 0 Å². The van der Waals surface area contributed by atoms with Gasteiger partial charge in [0, 0.05) is 41.1 Å². The topological polar surface area (TPSA) is 95.6 Å². The molecular formula is C28H28BrClFN3O4S. The average molecular weight is 637 g/mol. The summed E-state index contributed by atoms with van der Waals surface area (Å²) in [5.74, 6) is -2.14. The molecule has 1 saturated heterocycles. The molecule has 1 fully saturated rings. The highest BCUT2D eigenvalue weighted by molar-refractivity contribution is 9.10. The molecule has 1 atom stereocenters. The van der Waals surface area contributed by atoms with Gasteiger partial charge in [-0.2, -0.15) is 4.31 Å². The highest BCUT2D eigenvalue weighted by Gasteiger charge is 2.30. The standard InChI is InChI=1S/C28H28BrClFN3O4S/c29-23-10-5-4-9-21(23)26(17-22-24(30)11-6-12-25(22)31)33-28(36)27(35)32-18-19-13-15-34(16-14-19)39(37,38)20-7-2-1-3-8-20/h1-12,19,26H,13-18H2,(H,32,35)(H,33,36). The number of carbonyl (C=O) groups is 2. The highest BCUT2D eigenvalue weighted by Crippen LogP contribution is 2.30. The van der Waals surface area contributed by atoms with Crippen LogP contribution in [-0.2, 0) is 26.0 Å². The van der Waals surface area contributed by atoms with Crippen LogP contribution in [0, 0.1) is 11.7 Å². The summed E-state index contributed by atoms with van der Waals surface area (Å²) < 4.78 is 42.3. The van der Waals surface area contributed by atoms with E-state index in [2.05, 4.69) is 26.6 Å². The number of nitrogens with one attached hydrogen (secondary N) is 2. The molecule has 3 aromatic rings. The number of amides is 2. The molecule has 7 nitrogen and oxygen atoms in total.